The highest BCUT2D eigenvalue weighted by Gasteiger charge is 2.17. The Hall–Kier alpha value is -1.59. The summed E-state index contributed by atoms with van der Waals surface area (Å²) in [5.74, 6) is -0.0956. The van der Waals surface area contributed by atoms with Crippen molar-refractivity contribution >= 4 is 5.97 Å². The van der Waals surface area contributed by atoms with Gasteiger partial charge in [-0.05, 0) is 18.1 Å². The number of hydrogen-bond donors (Lipinski definition) is 3. The Morgan fingerprint density at radius 1 is 1.61 bits per heavy atom. The molecule has 98 valence electrons. The summed E-state index contributed by atoms with van der Waals surface area (Å²) in [4.78, 5) is 14.1. The quantitative estimate of drug-likeness (QED) is 0.534. The average Bonchev–Trinajstić information content (AvgIpc) is 3.04. The number of H-pyrrole nitrogens is 1. The van der Waals surface area contributed by atoms with Gasteiger partial charge >= 0.3 is 5.97 Å². The van der Waals surface area contributed by atoms with Crippen molar-refractivity contribution in [3.05, 3.63) is 35.7 Å². The van der Waals surface area contributed by atoms with Gasteiger partial charge in [0.05, 0.1) is 7.11 Å². The van der Waals surface area contributed by atoms with Gasteiger partial charge in [-0.3, -0.25) is 0 Å². The number of hydrogen-bond acceptors (Lipinski definition) is 4. The van der Waals surface area contributed by atoms with Crippen LogP contribution in [0.1, 0.15) is 22.5 Å². The van der Waals surface area contributed by atoms with E-state index in [1.54, 1.807) is 12.3 Å². The summed E-state index contributed by atoms with van der Waals surface area (Å²) in [6.45, 7) is 0.881. The van der Waals surface area contributed by atoms with E-state index in [1.807, 2.05) is 6.08 Å². The van der Waals surface area contributed by atoms with Crippen LogP contribution in [0.4, 0.5) is 0 Å². The predicted octanol–water partition coefficient (Wildman–Crippen LogP) is 0.828. The maximum absolute atomic E-state index is 11.3. The van der Waals surface area contributed by atoms with Crippen LogP contribution in [0.2, 0.25) is 0 Å². The van der Waals surface area contributed by atoms with Gasteiger partial charge in [-0.2, -0.15) is 0 Å². The largest absolute Gasteiger partial charge is 0.464 e. The number of aliphatic hydroxyl groups excluding tert-OH is 1. The first-order chi connectivity index (χ1) is 8.72. The lowest BCUT2D eigenvalue weighted by molar-refractivity contribution is 0.0595. The molecular weight excluding hydrogens is 232 g/mol. The van der Waals surface area contributed by atoms with Crippen molar-refractivity contribution < 1.29 is 14.6 Å². The third-order valence-electron chi connectivity index (χ3n) is 3.12. The fourth-order valence-corrected chi connectivity index (χ4v) is 2.08. The first-order valence-corrected chi connectivity index (χ1v) is 6.01. The third-order valence-corrected chi connectivity index (χ3v) is 3.12. The van der Waals surface area contributed by atoms with E-state index >= 15 is 0 Å². The molecule has 0 aromatic carbocycles. The normalized spacial score (nSPS) is 22.3. The Morgan fingerprint density at radius 2 is 2.44 bits per heavy atom. The summed E-state index contributed by atoms with van der Waals surface area (Å²) in [5, 5.41) is 12.4. The van der Waals surface area contributed by atoms with Crippen LogP contribution < -0.4 is 5.32 Å². The second-order valence-electron chi connectivity index (χ2n) is 4.46. The molecule has 0 amide bonds. The van der Waals surface area contributed by atoms with E-state index in [4.69, 9.17) is 5.11 Å². The molecule has 0 aliphatic heterocycles. The van der Waals surface area contributed by atoms with Crippen LogP contribution in [0.3, 0.4) is 0 Å². The Morgan fingerprint density at radius 3 is 3.11 bits per heavy atom. The molecule has 3 N–H and O–H groups in total. The van der Waals surface area contributed by atoms with Crippen LogP contribution in [-0.4, -0.2) is 35.8 Å². The number of carbonyl (C=O) groups excluding carboxylic acids is 1. The molecule has 0 radical (unpaired) electrons. The van der Waals surface area contributed by atoms with E-state index in [1.165, 1.54) is 7.11 Å². The molecule has 0 bridgehead atoms. The first kappa shape index (κ1) is 12.9. The van der Waals surface area contributed by atoms with E-state index < -0.39 is 0 Å². The minimum atomic E-state index is -0.359. The summed E-state index contributed by atoms with van der Waals surface area (Å²) in [6, 6.07) is 2.07. The number of ether oxygens (including phenoxy) is 1. The maximum atomic E-state index is 11.3. The van der Waals surface area contributed by atoms with Crippen molar-refractivity contribution in [2.45, 2.75) is 19.0 Å². The minimum Gasteiger partial charge on any atom is -0.464 e. The minimum absolute atomic E-state index is 0.200. The van der Waals surface area contributed by atoms with Crippen LogP contribution in [-0.2, 0) is 11.3 Å². The number of carbonyl (C=O) groups is 1. The van der Waals surface area contributed by atoms with Gasteiger partial charge in [-0.1, -0.05) is 12.2 Å². The molecule has 0 spiro atoms. The van der Waals surface area contributed by atoms with Gasteiger partial charge in [-0.25, -0.2) is 4.79 Å². The number of aromatic amines is 1. The fourth-order valence-electron chi connectivity index (χ4n) is 2.08. The van der Waals surface area contributed by atoms with E-state index in [-0.39, 0.29) is 18.5 Å². The molecule has 1 aliphatic carbocycles. The Balaban J connectivity index is 1.82. The van der Waals surface area contributed by atoms with E-state index in [0.717, 1.165) is 12.0 Å². The summed E-state index contributed by atoms with van der Waals surface area (Å²) in [5.41, 5.74) is 1.47. The monoisotopic (exact) mass is 250 g/mol. The molecule has 1 aromatic rings. The second kappa shape index (κ2) is 5.84. The zero-order valence-corrected chi connectivity index (χ0v) is 10.3. The van der Waals surface area contributed by atoms with Crippen LogP contribution in [0, 0.1) is 5.92 Å². The van der Waals surface area contributed by atoms with Gasteiger partial charge in [0.25, 0.3) is 0 Å². The van der Waals surface area contributed by atoms with Gasteiger partial charge in [0, 0.05) is 31.3 Å². The van der Waals surface area contributed by atoms with Crippen molar-refractivity contribution in [2.75, 3.05) is 13.7 Å². The smallest absolute Gasteiger partial charge is 0.354 e. The van der Waals surface area contributed by atoms with Crippen molar-refractivity contribution in [1.82, 2.24) is 10.3 Å². The fraction of sp³-hybridized carbons (Fsp3) is 0.462. The standard InChI is InChI=1S/C13H18N2O3/c1-18-13(17)12-5-10(7-15-12)6-14-11-3-2-9(4-11)8-16/h2-3,5,7,9,11,14-16H,4,6,8H2,1H3/t9-,11+/m0/s1. The first-order valence-electron chi connectivity index (χ1n) is 6.01. The molecule has 1 aliphatic rings. The highest BCUT2D eigenvalue weighted by Crippen LogP contribution is 2.17. The number of methoxy groups -OCH3 is 1. The molecule has 2 atom stereocenters. The Kier molecular flexibility index (Phi) is 4.17. The van der Waals surface area contributed by atoms with Crippen molar-refractivity contribution in [2.24, 2.45) is 5.92 Å². The molecule has 0 unspecified atom stereocenters. The molecule has 2 rings (SSSR count). The predicted molar refractivity (Wildman–Crippen MR) is 67.1 cm³/mol. The highest BCUT2D eigenvalue weighted by molar-refractivity contribution is 5.87. The van der Waals surface area contributed by atoms with Crippen molar-refractivity contribution in [1.29, 1.82) is 0 Å². The zero-order valence-electron chi connectivity index (χ0n) is 10.3. The summed E-state index contributed by atoms with van der Waals surface area (Å²) >= 11 is 0. The summed E-state index contributed by atoms with van der Waals surface area (Å²) < 4.78 is 4.63. The van der Waals surface area contributed by atoms with Gasteiger partial charge in [0.1, 0.15) is 5.69 Å². The molecule has 5 nitrogen and oxygen atoms in total. The Labute approximate surface area is 106 Å². The van der Waals surface area contributed by atoms with Gasteiger partial charge in [0.15, 0.2) is 0 Å². The SMILES string of the molecule is COC(=O)c1cc(CN[C@@H]2C=C[C@H](CO)C2)c[nH]1. The molecule has 1 aromatic heterocycles. The number of rotatable bonds is 5. The topological polar surface area (TPSA) is 74.3 Å². The number of esters is 1. The molecule has 18 heavy (non-hydrogen) atoms. The van der Waals surface area contributed by atoms with Crippen LogP contribution in [0.25, 0.3) is 0 Å². The zero-order chi connectivity index (χ0) is 13.0. The molecule has 0 fully saturated rings. The lowest BCUT2D eigenvalue weighted by Gasteiger charge is -2.11. The van der Waals surface area contributed by atoms with Crippen LogP contribution in [0.15, 0.2) is 24.4 Å². The maximum Gasteiger partial charge on any atom is 0.354 e. The summed E-state index contributed by atoms with van der Waals surface area (Å²) in [6.07, 6.45) is 6.83. The van der Waals surface area contributed by atoms with E-state index in [0.29, 0.717) is 18.3 Å². The Bertz CT molecular complexity index is 439. The molecular formula is C13H18N2O3. The number of nitrogens with one attached hydrogen (secondary N) is 2. The second-order valence-corrected chi connectivity index (χ2v) is 4.46. The van der Waals surface area contributed by atoms with Gasteiger partial charge in [0.2, 0.25) is 0 Å². The number of aliphatic hydroxyl groups is 1. The van der Waals surface area contributed by atoms with Crippen molar-refractivity contribution in [3.8, 4) is 0 Å². The van der Waals surface area contributed by atoms with Gasteiger partial charge in [-0.15, -0.1) is 0 Å². The van der Waals surface area contributed by atoms with Crippen molar-refractivity contribution in [3.63, 3.8) is 0 Å². The molecule has 1 heterocycles. The molecule has 0 saturated heterocycles. The average molecular weight is 250 g/mol. The number of aromatic nitrogens is 1. The summed E-state index contributed by atoms with van der Waals surface area (Å²) in [7, 11) is 1.36. The van der Waals surface area contributed by atoms with Crippen LogP contribution in [0.5, 0.6) is 0 Å². The van der Waals surface area contributed by atoms with E-state index in [9.17, 15) is 4.79 Å². The van der Waals surface area contributed by atoms with E-state index in [2.05, 4.69) is 21.1 Å². The third kappa shape index (κ3) is 3.00. The van der Waals surface area contributed by atoms with Crippen LogP contribution >= 0.6 is 0 Å². The molecule has 0 saturated carbocycles. The highest BCUT2D eigenvalue weighted by atomic mass is 16.5. The lowest BCUT2D eigenvalue weighted by Crippen LogP contribution is -2.25. The van der Waals surface area contributed by atoms with Gasteiger partial charge < -0.3 is 20.1 Å². The lowest BCUT2D eigenvalue weighted by atomic mass is 10.1. The molecule has 5 heteroatoms.